The van der Waals surface area contributed by atoms with Gasteiger partial charge >= 0.3 is 6.09 Å². The number of nitrogens with one attached hydrogen (secondary N) is 1. The molecule has 1 atom stereocenters. The van der Waals surface area contributed by atoms with E-state index in [0.717, 1.165) is 29.8 Å². The monoisotopic (exact) mass is 576 g/mol. The summed E-state index contributed by atoms with van der Waals surface area (Å²) in [5.74, 6) is 0.0659. The minimum absolute atomic E-state index is 0.259. The third-order valence-electron chi connectivity index (χ3n) is 7.94. The van der Waals surface area contributed by atoms with Crippen LogP contribution in [0.5, 0.6) is 0 Å². The predicted molar refractivity (Wildman–Crippen MR) is 158 cm³/mol. The summed E-state index contributed by atoms with van der Waals surface area (Å²) in [4.78, 5) is 40.5. The highest BCUT2D eigenvalue weighted by molar-refractivity contribution is 6.31. The molecule has 2 amide bonds. The van der Waals surface area contributed by atoms with E-state index in [1.165, 1.54) is 0 Å². The second kappa shape index (κ2) is 11.6. The van der Waals surface area contributed by atoms with Gasteiger partial charge in [-0.25, -0.2) is 14.8 Å². The normalized spacial score (nSPS) is 17.5. The molecule has 41 heavy (non-hydrogen) atoms. The Kier molecular flexibility index (Phi) is 8.18. The Hall–Kier alpha value is -3.72. The average Bonchev–Trinajstić information content (AvgIpc) is 3.75. The Morgan fingerprint density at radius 3 is 2.39 bits per heavy atom. The average molecular weight is 577 g/mol. The first-order chi connectivity index (χ1) is 19.5. The molecule has 3 aromatic rings. The number of carbonyl (C=O) groups excluding carboxylic acids is 2. The van der Waals surface area contributed by atoms with Crippen LogP contribution < -0.4 is 11.1 Å². The lowest BCUT2D eigenvalue weighted by Crippen LogP contribution is -2.41. The van der Waals surface area contributed by atoms with Crippen LogP contribution in [0.25, 0.3) is 0 Å². The minimum Gasteiger partial charge on any atom is -0.444 e. The molecule has 1 aliphatic heterocycles. The number of nitrogens with two attached hydrogens (primary N) is 1. The van der Waals surface area contributed by atoms with Crippen molar-refractivity contribution in [2.24, 2.45) is 11.1 Å². The highest BCUT2D eigenvalue weighted by Gasteiger charge is 2.55. The molecule has 3 N–H and O–H groups in total. The molecule has 5 rings (SSSR count). The number of amides is 2. The number of piperidine rings is 1. The molecule has 9 nitrogen and oxygen atoms in total. The number of pyridine rings is 1. The molecule has 0 bridgehead atoms. The quantitative estimate of drug-likeness (QED) is 0.338. The lowest BCUT2D eigenvalue weighted by molar-refractivity contribution is -0.123. The van der Waals surface area contributed by atoms with Gasteiger partial charge in [0.25, 0.3) is 0 Å². The maximum atomic E-state index is 12.5. The van der Waals surface area contributed by atoms with Crippen molar-refractivity contribution < 1.29 is 14.3 Å². The van der Waals surface area contributed by atoms with Gasteiger partial charge in [0.1, 0.15) is 5.60 Å². The fourth-order valence-corrected chi connectivity index (χ4v) is 5.75. The summed E-state index contributed by atoms with van der Waals surface area (Å²) in [5.41, 5.74) is 8.15. The van der Waals surface area contributed by atoms with Crippen molar-refractivity contribution in [1.29, 1.82) is 0 Å². The summed E-state index contributed by atoms with van der Waals surface area (Å²) in [5, 5.41) is 3.65. The van der Waals surface area contributed by atoms with E-state index in [9.17, 15) is 9.59 Å². The van der Waals surface area contributed by atoms with Crippen LogP contribution in [-0.4, -0.2) is 50.5 Å². The minimum atomic E-state index is -0.659. The smallest absolute Gasteiger partial charge is 0.410 e. The fraction of sp³-hybridized carbons (Fsp3) is 0.452. The number of carbonyl (C=O) groups is 2. The fourth-order valence-electron chi connectivity index (χ4n) is 5.52. The van der Waals surface area contributed by atoms with E-state index in [1.807, 2.05) is 63.2 Å². The SMILES string of the molecule is CC(C)(C)OC(=O)N1CCC(c2ccc(Nc3ncc(Cl)c(C(Cc4ccccc4)C4(C(N)=O)CC4)n3)cn2)CC1. The molecule has 1 saturated heterocycles. The number of likely N-dealkylation sites (tertiary alicyclic amines) is 1. The summed E-state index contributed by atoms with van der Waals surface area (Å²) < 4.78 is 5.50. The summed E-state index contributed by atoms with van der Waals surface area (Å²) in [6, 6.07) is 13.9. The number of primary amides is 1. The molecule has 0 radical (unpaired) electrons. The van der Waals surface area contributed by atoms with Crippen LogP contribution in [0.2, 0.25) is 5.02 Å². The second-order valence-electron chi connectivity index (χ2n) is 12.0. The standard InChI is InChI=1S/C31H37ClN6O3/c1-30(2,3)41-29(40)38-15-11-21(12-16-38)25-10-9-22(18-34-25)36-28-35-19-24(32)26(37-28)23(31(13-14-31)27(33)39)17-20-7-5-4-6-8-20/h4-10,18-19,21,23H,11-17H2,1-3H3,(H2,33,39)(H,35,36,37). The van der Waals surface area contributed by atoms with Gasteiger partial charge in [0.15, 0.2) is 0 Å². The number of ether oxygens (including phenoxy) is 1. The Labute approximate surface area is 245 Å². The molecular weight excluding hydrogens is 540 g/mol. The van der Waals surface area contributed by atoms with Crippen LogP contribution >= 0.6 is 11.6 Å². The van der Waals surface area contributed by atoms with Crippen molar-refractivity contribution in [2.75, 3.05) is 18.4 Å². The van der Waals surface area contributed by atoms with Crippen LogP contribution in [0.1, 0.15) is 75.2 Å². The van der Waals surface area contributed by atoms with Crippen molar-refractivity contribution in [1.82, 2.24) is 19.9 Å². The van der Waals surface area contributed by atoms with Crippen molar-refractivity contribution in [2.45, 2.75) is 70.3 Å². The molecule has 1 saturated carbocycles. The van der Waals surface area contributed by atoms with Gasteiger partial charge in [0, 0.05) is 30.6 Å². The molecule has 2 fully saturated rings. The van der Waals surface area contributed by atoms with Crippen molar-refractivity contribution >= 4 is 35.2 Å². The van der Waals surface area contributed by atoms with Crippen LogP contribution in [0.15, 0.2) is 54.9 Å². The maximum Gasteiger partial charge on any atom is 0.410 e. The number of hydrogen-bond acceptors (Lipinski definition) is 7. The topological polar surface area (TPSA) is 123 Å². The van der Waals surface area contributed by atoms with Crippen molar-refractivity contribution in [3.05, 3.63) is 76.8 Å². The zero-order chi connectivity index (χ0) is 29.2. The number of aromatic nitrogens is 3. The van der Waals surface area contributed by atoms with Crippen molar-refractivity contribution in [3.8, 4) is 0 Å². The van der Waals surface area contributed by atoms with Crippen LogP contribution in [0.3, 0.4) is 0 Å². The van der Waals surface area contributed by atoms with E-state index in [0.29, 0.717) is 49.0 Å². The van der Waals surface area contributed by atoms with Crippen molar-refractivity contribution in [3.63, 3.8) is 0 Å². The number of hydrogen-bond donors (Lipinski definition) is 2. The Morgan fingerprint density at radius 1 is 1.10 bits per heavy atom. The predicted octanol–water partition coefficient (Wildman–Crippen LogP) is 5.97. The van der Waals surface area contributed by atoms with Crippen LogP contribution in [-0.2, 0) is 16.0 Å². The summed E-state index contributed by atoms with van der Waals surface area (Å²) >= 11 is 6.62. The summed E-state index contributed by atoms with van der Waals surface area (Å²) in [6.45, 7) is 6.90. The zero-order valence-electron chi connectivity index (χ0n) is 23.8. The third-order valence-corrected chi connectivity index (χ3v) is 8.23. The van der Waals surface area contributed by atoms with Gasteiger partial charge in [0.2, 0.25) is 11.9 Å². The van der Waals surface area contributed by atoms with Gasteiger partial charge in [-0.15, -0.1) is 0 Å². The van der Waals surface area contributed by atoms with Crippen LogP contribution in [0, 0.1) is 5.41 Å². The lowest BCUT2D eigenvalue weighted by Gasteiger charge is -2.33. The largest absolute Gasteiger partial charge is 0.444 e. The van der Waals surface area contributed by atoms with Gasteiger partial charge in [-0.3, -0.25) is 9.78 Å². The lowest BCUT2D eigenvalue weighted by atomic mass is 9.81. The zero-order valence-corrected chi connectivity index (χ0v) is 24.5. The Morgan fingerprint density at radius 2 is 1.80 bits per heavy atom. The Balaban J connectivity index is 1.27. The highest BCUT2D eigenvalue weighted by Crippen LogP contribution is 2.57. The number of rotatable bonds is 8. The van der Waals surface area contributed by atoms with E-state index in [1.54, 1.807) is 17.3 Å². The number of halogens is 1. The highest BCUT2D eigenvalue weighted by atomic mass is 35.5. The van der Waals surface area contributed by atoms with Gasteiger partial charge in [-0.2, -0.15) is 0 Å². The molecule has 2 aliphatic rings. The molecular formula is C31H37ClN6O3. The van der Waals surface area contributed by atoms with Crippen LogP contribution in [0.4, 0.5) is 16.4 Å². The molecule has 1 unspecified atom stereocenters. The first-order valence-corrected chi connectivity index (χ1v) is 14.5. The first-order valence-electron chi connectivity index (χ1n) is 14.1. The Bertz CT molecular complexity index is 1380. The van der Waals surface area contributed by atoms with Gasteiger partial charge < -0.3 is 20.7 Å². The van der Waals surface area contributed by atoms with E-state index >= 15 is 0 Å². The molecule has 216 valence electrons. The molecule has 3 heterocycles. The molecule has 1 aliphatic carbocycles. The van der Waals surface area contributed by atoms with Gasteiger partial charge in [-0.05, 0) is 70.6 Å². The first kappa shape index (κ1) is 28.8. The molecule has 1 aromatic carbocycles. The number of anilines is 2. The molecule has 0 spiro atoms. The summed E-state index contributed by atoms with van der Waals surface area (Å²) in [6.07, 6.45) is 6.75. The van der Waals surface area contributed by atoms with E-state index < -0.39 is 11.0 Å². The third kappa shape index (κ3) is 6.78. The maximum absolute atomic E-state index is 12.5. The van der Waals surface area contributed by atoms with E-state index in [2.05, 4.69) is 10.3 Å². The molecule has 2 aromatic heterocycles. The van der Waals surface area contributed by atoms with Gasteiger partial charge in [0.05, 0.1) is 34.2 Å². The van der Waals surface area contributed by atoms with Gasteiger partial charge in [-0.1, -0.05) is 41.9 Å². The number of nitrogens with zero attached hydrogens (tertiary/aromatic N) is 4. The summed E-state index contributed by atoms with van der Waals surface area (Å²) in [7, 11) is 0. The second-order valence-corrected chi connectivity index (χ2v) is 12.4. The van der Waals surface area contributed by atoms with E-state index in [4.69, 9.17) is 32.0 Å². The molecule has 10 heteroatoms. The number of benzene rings is 1. The van der Waals surface area contributed by atoms with E-state index in [-0.39, 0.29) is 23.8 Å².